The van der Waals surface area contributed by atoms with Gasteiger partial charge in [0.25, 0.3) is 0 Å². The molecule has 0 heterocycles. The van der Waals surface area contributed by atoms with Crippen molar-refractivity contribution in [3.8, 4) is 0 Å². The molecule has 0 aliphatic rings. The van der Waals surface area contributed by atoms with Crippen LogP contribution in [0.4, 0.5) is 23.2 Å². The zero-order valence-corrected chi connectivity index (χ0v) is 9.39. The largest absolute Gasteiger partial charge is 0.401 e. The first kappa shape index (κ1) is 13.8. The number of anilines is 1. The van der Waals surface area contributed by atoms with Crippen LogP contribution < -0.4 is 5.73 Å². The maximum atomic E-state index is 12.8. The summed E-state index contributed by atoms with van der Waals surface area (Å²) in [6.45, 7) is 0.935. The van der Waals surface area contributed by atoms with Gasteiger partial charge in [-0.1, -0.05) is 13.0 Å². The van der Waals surface area contributed by atoms with Gasteiger partial charge in [-0.2, -0.15) is 13.2 Å². The average Bonchev–Trinajstić information content (AvgIpc) is 2.19. The molecule has 0 atom stereocenters. The van der Waals surface area contributed by atoms with E-state index in [9.17, 15) is 17.6 Å². The fraction of sp³-hybridized carbons (Fsp3) is 0.455. The minimum Gasteiger partial charge on any atom is -0.398 e. The van der Waals surface area contributed by atoms with Gasteiger partial charge in [0.2, 0.25) is 0 Å². The Kier molecular flexibility index (Phi) is 4.34. The second-order valence-corrected chi connectivity index (χ2v) is 3.76. The molecule has 0 saturated carbocycles. The summed E-state index contributed by atoms with van der Waals surface area (Å²) in [6.07, 6.45) is -4.25. The lowest BCUT2D eigenvalue weighted by Crippen LogP contribution is -2.33. The third-order valence-electron chi connectivity index (χ3n) is 2.35. The first-order valence-electron chi connectivity index (χ1n) is 5.15. The molecule has 0 fully saturated rings. The number of benzene rings is 1. The highest BCUT2D eigenvalue weighted by molar-refractivity contribution is 5.46. The zero-order chi connectivity index (χ0) is 13.1. The van der Waals surface area contributed by atoms with Gasteiger partial charge in [-0.05, 0) is 24.2 Å². The van der Waals surface area contributed by atoms with Gasteiger partial charge in [0.15, 0.2) is 0 Å². The summed E-state index contributed by atoms with van der Waals surface area (Å²) in [5.74, 6) is -0.495. The van der Waals surface area contributed by atoms with Gasteiger partial charge in [-0.15, -0.1) is 0 Å². The van der Waals surface area contributed by atoms with Gasteiger partial charge in [0.1, 0.15) is 5.82 Å². The monoisotopic (exact) mass is 250 g/mol. The Bertz CT molecular complexity index is 376. The maximum absolute atomic E-state index is 12.8. The summed E-state index contributed by atoms with van der Waals surface area (Å²) in [5, 5.41) is 0. The van der Waals surface area contributed by atoms with Gasteiger partial charge in [-0.25, -0.2) is 4.39 Å². The van der Waals surface area contributed by atoms with Crippen LogP contribution in [0.2, 0.25) is 0 Å². The van der Waals surface area contributed by atoms with Crippen LogP contribution in [0.1, 0.15) is 12.5 Å². The van der Waals surface area contributed by atoms with E-state index in [1.807, 2.05) is 0 Å². The van der Waals surface area contributed by atoms with Gasteiger partial charge in [0.05, 0.1) is 6.54 Å². The molecular formula is C11H14F4N2. The molecule has 0 bridgehead atoms. The minimum atomic E-state index is -4.25. The standard InChI is InChI=1S/C11H14F4N2/c1-2-17(7-11(13,14)15)6-8-3-4-9(12)5-10(8)16/h3-5H,2,6-7,16H2,1H3. The fourth-order valence-electron chi connectivity index (χ4n) is 1.48. The lowest BCUT2D eigenvalue weighted by Gasteiger charge is -2.22. The Morgan fingerprint density at radius 3 is 2.41 bits per heavy atom. The van der Waals surface area contributed by atoms with E-state index in [1.54, 1.807) is 6.92 Å². The Labute approximate surface area is 97.0 Å². The van der Waals surface area contributed by atoms with Crippen molar-refractivity contribution in [1.29, 1.82) is 0 Å². The molecule has 0 radical (unpaired) electrons. The van der Waals surface area contributed by atoms with E-state index in [0.717, 1.165) is 6.07 Å². The Hall–Kier alpha value is -1.30. The number of alkyl halides is 3. The van der Waals surface area contributed by atoms with Gasteiger partial charge < -0.3 is 5.73 Å². The van der Waals surface area contributed by atoms with E-state index in [4.69, 9.17) is 5.73 Å². The van der Waals surface area contributed by atoms with Gasteiger partial charge in [-0.3, -0.25) is 4.90 Å². The van der Waals surface area contributed by atoms with Gasteiger partial charge in [0, 0.05) is 12.2 Å². The lowest BCUT2D eigenvalue weighted by atomic mass is 10.1. The van der Waals surface area contributed by atoms with E-state index < -0.39 is 18.5 Å². The van der Waals surface area contributed by atoms with Crippen molar-refractivity contribution in [2.75, 3.05) is 18.8 Å². The van der Waals surface area contributed by atoms with Crippen LogP contribution in [0, 0.1) is 5.82 Å². The third kappa shape index (κ3) is 4.60. The molecule has 17 heavy (non-hydrogen) atoms. The molecule has 2 N–H and O–H groups in total. The van der Waals surface area contributed by atoms with Crippen LogP contribution in [-0.2, 0) is 6.54 Å². The molecule has 0 saturated heterocycles. The Morgan fingerprint density at radius 2 is 1.94 bits per heavy atom. The summed E-state index contributed by atoms with van der Waals surface area (Å²) in [4.78, 5) is 1.20. The molecule has 2 nitrogen and oxygen atoms in total. The second kappa shape index (κ2) is 5.35. The normalized spacial score (nSPS) is 12.1. The molecule has 0 aliphatic heterocycles. The highest BCUT2D eigenvalue weighted by atomic mass is 19.4. The van der Waals surface area contributed by atoms with E-state index in [2.05, 4.69) is 0 Å². The molecule has 0 aliphatic carbocycles. The SMILES string of the molecule is CCN(Cc1ccc(F)cc1N)CC(F)(F)F. The molecule has 1 aromatic carbocycles. The predicted octanol–water partition coefficient (Wildman–Crippen LogP) is 2.79. The fourth-order valence-corrected chi connectivity index (χ4v) is 1.48. The summed E-state index contributed by atoms with van der Waals surface area (Å²) in [7, 11) is 0. The highest BCUT2D eigenvalue weighted by Crippen LogP contribution is 2.20. The molecular weight excluding hydrogens is 236 g/mol. The van der Waals surface area contributed by atoms with E-state index in [-0.39, 0.29) is 18.8 Å². The number of hydrogen-bond acceptors (Lipinski definition) is 2. The van der Waals surface area contributed by atoms with E-state index >= 15 is 0 Å². The van der Waals surface area contributed by atoms with Crippen molar-refractivity contribution < 1.29 is 17.6 Å². The Balaban J connectivity index is 2.74. The summed E-state index contributed by atoms with van der Waals surface area (Å²) in [5.41, 5.74) is 6.21. The number of nitrogens with two attached hydrogens (primary N) is 1. The number of nitrogen functional groups attached to an aromatic ring is 1. The molecule has 1 rings (SSSR count). The molecule has 0 unspecified atom stereocenters. The zero-order valence-electron chi connectivity index (χ0n) is 9.39. The molecule has 0 spiro atoms. The van der Waals surface area contributed by atoms with Crippen LogP contribution in [0.15, 0.2) is 18.2 Å². The lowest BCUT2D eigenvalue weighted by molar-refractivity contribution is -0.146. The topological polar surface area (TPSA) is 29.3 Å². The van der Waals surface area contributed by atoms with Gasteiger partial charge >= 0.3 is 6.18 Å². The van der Waals surface area contributed by atoms with Crippen molar-refractivity contribution in [3.05, 3.63) is 29.6 Å². The first-order chi connectivity index (χ1) is 7.81. The molecule has 6 heteroatoms. The van der Waals surface area contributed by atoms with Crippen LogP contribution >= 0.6 is 0 Å². The van der Waals surface area contributed by atoms with Crippen LogP contribution in [0.5, 0.6) is 0 Å². The van der Waals surface area contributed by atoms with Crippen molar-refractivity contribution in [2.45, 2.75) is 19.6 Å². The van der Waals surface area contributed by atoms with E-state index in [1.165, 1.54) is 17.0 Å². The summed E-state index contributed by atoms with van der Waals surface area (Å²) in [6, 6.07) is 3.70. The summed E-state index contributed by atoms with van der Waals surface area (Å²) < 4.78 is 49.4. The first-order valence-corrected chi connectivity index (χ1v) is 5.15. The van der Waals surface area contributed by atoms with Crippen molar-refractivity contribution in [1.82, 2.24) is 4.90 Å². The van der Waals surface area contributed by atoms with E-state index in [0.29, 0.717) is 5.56 Å². The number of rotatable bonds is 4. The second-order valence-electron chi connectivity index (χ2n) is 3.76. The number of halogens is 4. The summed E-state index contributed by atoms with van der Waals surface area (Å²) >= 11 is 0. The third-order valence-corrected chi connectivity index (χ3v) is 2.35. The number of nitrogens with zero attached hydrogens (tertiary/aromatic N) is 1. The Morgan fingerprint density at radius 1 is 1.29 bits per heavy atom. The van der Waals surface area contributed by atoms with Crippen molar-refractivity contribution in [3.63, 3.8) is 0 Å². The van der Waals surface area contributed by atoms with Crippen LogP contribution in [0.3, 0.4) is 0 Å². The predicted molar refractivity (Wildman–Crippen MR) is 57.8 cm³/mol. The maximum Gasteiger partial charge on any atom is 0.401 e. The van der Waals surface area contributed by atoms with Crippen LogP contribution in [-0.4, -0.2) is 24.2 Å². The molecule has 1 aromatic rings. The molecule has 96 valence electrons. The van der Waals surface area contributed by atoms with Crippen molar-refractivity contribution in [2.24, 2.45) is 0 Å². The average molecular weight is 250 g/mol. The molecule has 0 amide bonds. The van der Waals surface area contributed by atoms with Crippen LogP contribution in [0.25, 0.3) is 0 Å². The highest BCUT2D eigenvalue weighted by Gasteiger charge is 2.30. The number of hydrogen-bond donors (Lipinski definition) is 1. The minimum absolute atomic E-state index is 0.0577. The quantitative estimate of drug-likeness (QED) is 0.657. The molecule has 0 aromatic heterocycles. The van der Waals surface area contributed by atoms with Crippen molar-refractivity contribution >= 4 is 5.69 Å². The smallest absolute Gasteiger partial charge is 0.398 e.